The van der Waals surface area contributed by atoms with Crippen LogP contribution in [-0.2, 0) is 11.2 Å². The van der Waals surface area contributed by atoms with Gasteiger partial charge in [0.15, 0.2) is 11.0 Å². The number of ether oxygens (including phenoxy) is 2. The average molecular weight is 653 g/mol. The maximum absolute atomic E-state index is 12.9. The molecule has 1 atom stereocenters. The SMILES string of the molecule is COc1ccc(C(C)C)c(N2C(=O)CSC2=NC(=O)NC(C)Cc2ccc(-c3ncn(-c4ccc(OC(F)(F)F)cc4)n3)cc2)c1. The van der Waals surface area contributed by atoms with E-state index in [0.29, 0.717) is 34.5 Å². The van der Waals surface area contributed by atoms with E-state index in [1.54, 1.807) is 13.2 Å². The quantitative estimate of drug-likeness (QED) is 0.213. The Balaban J connectivity index is 1.21. The highest BCUT2D eigenvalue weighted by molar-refractivity contribution is 8.15. The molecule has 1 N–H and O–H groups in total. The van der Waals surface area contributed by atoms with Crippen molar-refractivity contribution in [2.75, 3.05) is 17.8 Å². The van der Waals surface area contributed by atoms with E-state index in [4.69, 9.17) is 4.74 Å². The van der Waals surface area contributed by atoms with E-state index < -0.39 is 12.4 Å². The summed E-state index contributed by atoms with van der Waals surface area (Å²) in [5.41, 5.74) is 3.80. The summed E-state index contributed by atoms with van der Waals surface area (Å²) in [5.74, 6) is 0.864. The highest BCUT2D eigenvalue weighted by atomic mass is 32.2. The highest BCUT2D eigenvalue weighted by Gasteiger charge is 2.33. The first-order valence-corrected chi connectivity index (χ1v) is 15.3. The standard InChI is InChI=1S/C32H31F3N6O4S/c1-19(2)26-14-13-25(44-4)16-27(26)41-28(42)17-46-31(41)38-30(43)37-20(3)15-21-5-7-22(8-6-21)29-36-18-40(39-29)23-9-11-24(12-10-23)45-32(33,34)35/h5-14,16,18-20H,15,17H2,1-4H3,(H,37,43). The van der Waals surface area contributed by atoms with E-state index in [9.17, 15) is 22.8 Å². The number of nitrogens with zero attached hydrogens (tertiary/aromatic N) is 5. The number of nitrogens with one attached hydrogen (secondary N) is 1. The van der Waals surface area contributed by atoms with E-state index >= 15 is 0 Å². The van der Waals surface area contributed by atoms with Crippen molar-refractivity contribution in [1.82, 2.24) is 20.1 Å². The molecule has 1 unspecified atom stereocenters. The Kier molecular flexibility index (Phi) is 9.65. The monoisotopic (exact) mass is 652 g/mol. The molecule has 0 aliphatic carbocycles. The number of alkyl halides is 3. The van der Waals surface area contributed by atoms with Crippen molar-refractivity contribution in [2.24, 2.45) is 4.99 Å². The van der Waals surface area contributed by atoms with Crippen LogP contribution in [0.25, 0.3) is 17.1 Å². The number of urea groups is 1. The third-order valence-electron chi connectivity index (χ3n) is 7.01. The van der Waals surface area contributed by atoms with Crippen molar-refractivity contribution in [1.29, 1.82) is 0 Å². The number of anilines is 1. The summed E-state index contributed by atoms with van der Waals surface area (Å²) in [6.07, 6.45) is -2.77. The van der Waals surface area contributed by atoms with Crippen molar-refractivity contribution in [3.05, 3.63) is 84.2 Å². The predicted octanol–water partition coefficient (Wildman–Crippen LogP) is 6.74. The molecule has 0 radical (unpaired) electrons. The topological polar surface area (TPSA) is 111 Å². The number of aliphatic imine (C=N–C) groups is 1. The van der Waals surface area contributed by atoms with Crippen LogP contribution in [0.4, 0.5) is 23.7 Å². The number of hydrogen-bond acceptors (Lipinski definition) is 7. The molecule has 3 aromatic carbocycles. The van der Waals surface area contributed by atoms with Gasteiger partial charge in [-0.15, -0.1) is 18.3 Å². The van der Waals surface area contributed by atoms with Crippen LogP contribution in [0.5, 0.6) is 11.5 Å². The molecule has 0 spiro atoms. The first-order valence-electron chi connectivity index (χ1n) is 14.3. The number of thioether (sulfide) groups is 1. The average Bonchev–Trinajstić information content (AvgIpc) is 3.63. The van der Waals surface area contributed by atoms with E-state index in [1.807, 2.05) is 57.2 Å². The van der Waals surface area contributed by atoms with Crippen LogP contribution in [0, 0.1) is 0 Å². The molecule has 5 rings (SSSR count). The molecule has 46 heavy (non-hydrogen) atoms. The number of halogens is 3. The summed E-state index contributed by atoms with van der Waals surface area (Å²) in [5, 5.41) is 7.62. The van der Waals surface area contributed by atoms with Crippen molar-refractivity contribution < 1.29 is 32.2 Å². The van der Waals surface area contributed by atoms with Gasteiger partial charge in [-0.3, -0.25) is 9.69 Å². The Hall–Kier alpha value is -4.85. The molecule has 0 saturated carbocycles. The highest BCUT2D eigenvalue weighted by Crippen LogP contribution is 2.36. The molecule has 14 heteroatoms. The van der Waals surface area contributed by atoms with Gasteiger partial charge in [-0.2, -0.15) is 4.99 Å². The molecule has 10 nitrogen and oxygen atoms in total. The normalized spacial score (nSPS) is 15.0. The molecule has 1 saturated heterocycles. The van der Waals surface area contributed by atoms with Crippen LogP contribution in [0.2, 0.25) is 0 Å². The van der Waals surface area contributed by atoms with Crippen molar-refractivity contribution in [3.63, 3.8) is 0 Å². The Bertz CT molecular complexity index is 1740. The summed E-state index contributed by atoms with van der Waals surface area (Å²) in [4.78, 5) is 35.8. The van der Waals surface area contributed by atoms with Gasteiger partial charge >= 0.3 is 12.4 Å². The molecule has 1 aliphatic heterocycles. The fourth-order valence-corrected chi connectivity index (χ4v) is 5.72. The van der Waals surface area contributed by atoms with E-state index in [0.717, 1.165) is 16.7 Å². The van der Waals surface area contributed by atoms with Gasteiger partial charge in [0.25, 0.3) is 0 Å². The van der Waals surface area contributed by atoms with Crippen LogP contribution in [-0.4, -0.2) is 57.1 Å². The summed E-state index contributed by atoms with van der Waals surface area (Å²) >= 11 is 1.21. The molecule has 2 heterocycles. The van der Waals surface area contributed by atoms with E-state index in [2.05, 4.69) is 25.1 Å². The van der Waals surface area contributed by atoms with Crippen molar-refractivity contribution in [2.45, 2.75) is 45.5 Å². The second-order valence-electron chi connectivity index (χ2n) is 10.8. The Morgan fingerprint density at radius 1 is 1.04 bits per heavy atom. The zero-order valence-corrected chi connectivity index (χ0v) is 26.2. The molecule has 240 valence electrons. The summed E-state index contributed by atoms with van der Waals surface area (Å²) in [6.45, 7) is 5.93. The largest absolute Gasteiger partial charge is 0.573 e. The second kappa shape index (κ2) is 13.6. The Morgan fingerprint density at radius 3 is 2.39 bits per heavy atom. The lowest BCUT2D eigenvalue weighted by molar-refractivity contribution is -0.274. The molecule has 1 aliphatic rings. The summed E-state index contributed by atoms with van der Waals surface area (Å²) in [7, 11) is 1.56. The molecule has 1 aromatic heterocycles. The van der Waals surface area contributed by atoms with Gasteiger partial charge in [0, 0.05) is 17.7 Å². The number of amides is 3. The Morgan fingerprint density at radius 2 is 1.74 bits per heavy atom. The maximum atomic E-state index is 12.9. The number of rotatable bonds is 9. The molecule has 1 fully saturated rings. The van der Waals surface area contributed by atoms with Crippen molar-refractivity contribution in [3.8, 4) is 28.6 Å². The molecule has 0 bridgehead atoms. The predicted molar refractivity (Wildman–Crippen MR) is 170 cm³/mol. The first-order chi connectivity index (χ1) is 21.9. The first kappa shape index (κ1) is 32.5. The van der Waals surface area contributed by atoms with Gasteiger partial charge in [0.2, 0.25) is 5.91 Å². The third kappa shape index (κ3) is 7.86. The zero-order chi connectivity index (χ0) is 33.0. The lowest BCUT2D eigenvalue weighted by Crippen LogP contribution is -2.35. The van der Waals surface area contributed by atoms with Gasteiger partial charge in [0.05, 0.1) is 24.2 Å². The number of methoxy groups -OCH3 is 1. The number of hydrogen-bond donors (Lipinski definition) is 1. The number of aromatic nitrogens is 3. The minimum absolute atomic E-state index is 0.134. The zero-order valence-electron chi connectivity index (χ0n) is 25.4. The van der Waals surface area contributed by atoms with Crippen LogP contribution in [0.1, 0.15) is 37.8 Å². The van der Waals surface area contributed by atoms with Gasteiger partial charge < -0.3 is 14.8 Å². The van der Waals surface area contributed by atoms with Crippen LogP contribution >= 0.6 is 11.8 Å². The van der Waals surface area contributed by atoms with Gasteiger partial charge in [-0.05, 0) is 60.7 Å². The molecular formula is C32H31F3N6O4S. The summed E-state index contributed by atoms with van der Waals surface area (Å²) < 4.78 is 48.0. The van der Waals surface area contributed by atoms with E-state index in [-0.39, 0.29) is 29.4 Å². The molecular weight excluding hydrogens is 621 g/mol. The Labute approximate surface area is 267 Å². The number of carbonyl (C=O) groups excluding carboxylic acids is 2. The van der Waals surface area contributed by atoms with E-state index in [1.165, 1.54) is 51.9 Å². The fourth-order valence-electron chi connectivity index (χ4n) is 4.86. The lowest BCUT2D eigenvalue weighted by Gasteiger charge is -2.22. The molecule has 4 aromatic rings. The number of benzene rings is 3. The van der Waals surface area contributed by atoms with Gasteiger partial charge in [0.1, 0.15) is 17.8 Å². The minimum atomic E-state index is -4.76. The third-order valence-corrected chi connectivity index (χ3v) is 7.94. The number of carbonyl (C=O) groups is 2. The minimum Gasteiger partial charge on any atom is -0.497 e. The lowest BCUT2D eigenvalue weighted by atomic mass is 10.00. The van der Waals surface area contributed by atoms with Crippen molar-refractivity contribution >= 4 is 34.6 Å². The van der Waals surface area contributed by atoms with Gasteiger partial charge in [-0.25, -0.2) is 14.5 Å². The molecule has 3 amide bonds. The van der Waals surface area contributed by atoms with Crippen LogP contribution in [0.3, 0.4) is 0 Å². The second-order valence-corrected chi connectivity index (χ2v) is 11.7. The smallest absolute Gasteiger partial charge is 0.497 e. The summed E-state index contributed by atoms with van der Waals surface area (Å²) in [6, 6.07) is 17.5. The van der Waals surface area contributed by atoms with Crippen LogP contribution < -0.4 is 19.7 Å². The maximum Gasteiger partial charge on any atom is 0.573 e. The van der Waals surface area contributed by atoms with Gasteiger partial charge in [-0.1, -0.05) is 55.9 Å². The fraction of sp³-hybridized carbons (Fsp3) is 0.281. The van der Waals surface area contributed by atoms with Crippen LogP contribution in [0.15, 0.2) is 78.0 Å². The number of amidine groups is 1.